The predicted molar refractivity (Wildman–Crippen MR) is 485 cm³/mol. The maximum Gasteiger partial charge on any atom is 0.408 e. The lowest BCUT2D eigenvalue weighted by atomic mass is 9.84. The number of amides is 8. The van der Waals surface area contributed by atoms with Crippen molar-refractivity contribution in [1.29, 1.82) is 0 Å². The monoisotopic (exact) mass is 1890 g/mol. The van der Waals surface area contributed by atoms with E-state index in [0.29, 0.717) is 38.6 Å². The minimum atomic E-state index is -2.30. The van der Waals surface area contributed by atoms with Crippen LogP contribution < -0.4 is 62.5 Å². The van der Waals surface area contributed by atoms with Gasteiger partial charge in [-0.05, 0) is 178 Å². The highest BCUT2D eigenvalue weighted by atomic mass is 35.5. The molecule has 720 valence electrons. The average Bonchev–Trinajstić information content (AvgIpc) is 1.02. The molecule has 8 amide bonds. The van der Waals surface area contributed by atoms with E-state index in [-0.39, 0.29) is 76.7 Å². The summed E-state index contributed by atoms with van der Waals surface area (Å²) in [6, 6.07) is 10.7. The maximum atomic E-state index is 16.6. The third-order valence-corrected chi connectivity index (χ3v) is 26.0. The molecule has 0 radical (unpaired) electrons. The van der Waals surface area contributed by atoms with Crippen LogP contribution in [-0.4, -0.2) is 192 Å². The minimum Gasteiger partial charge on any atom is -0.507 e. The minimum absolute atomic E-state index is 0.0329. The molecule has 8 aliphatic heterocycles. The number of hydrogen-bond donors (Lipinski definition) is 18. The Kier molecular flexibility index (Phi) is 34.5. The number of phenols is 3. The molecule has 0 saturated carbocycles. The Labute approximate surface area is 779 Å². The van der Waals surface area contributed by atoms with E-state index < -0.39 is 250 Å². The highest BCUT2D eigenvalue weighted by Crippen LogP contribution is 2.52. The third kappa shape index (κ3) is 24.4. The zero-order valence-corrected chi connectivity index (χ0v) is 76.8. The molecular formula is C96H121Cl2N9O26. The van der Waals surface area contributed by atoms with E-state index in [1.807, 2.05) is 19.9 Å². The van der Waals surface area contributed by atoms with Gasteiger partial charge in [0.25, 0.3) is 0 Å². The summed E-state index contributed by atoms with van der Waals surface area (Å²) in [5.74, 6) is -19.2. The molecule has 8 heterocycles. The number of aryl methyl sites for hydroxylation is 2. The van der Waals surface area contributed by atoms with Crippen molar-refractivity contribution in [2.75, 3.05) is 25.0 Å². The van der Waals surface area contributed by atoms with Crippen molar-refractivity contribution >= 4 is 88.1 Å². The molecule has 0 aromatic heterocycles. The van der Waals surface area contributed by atoms with Crippen molar-refractivity contribution in [3.63, 3.8) is 0 Å². The maximum absolute atomic E-state index is 16.6. The first-order chi connectivity index (χ1) is 63.5. The quantitative estimate of drug-likeness (QED) is 0.0170. The highest BCUT2D eigenvalue weighted by Gasteiger charge is 2.56. The third-order valence-electron chi connectivity index (χ3n) is 25.4. The molecule has 3 fully saturated rings. The van der Waals surface area contributed by atoms with Crippen LogP contribution in [0.5, 0.6) is 46.0 Å². The fourth-order valence-corrected chi connectivity index (χ4v) is 18.6. The van der Waals surface area contributed by atoms with Crippen LogP contribution in [0.25, 0.3) is 11.1 Å². The molecule has 35 nitrogen and oxygen atoms in total. The molecule has 18 atom stereocenters. The molecule has 8 aliphatic rings. The number of carbonyl (C=O) groups is 10. The molecule has 37 heteroatoms. The van der Waals surface area contributed by atoms with Gasteiger partial charge in [-0.3, -0.25) is 33.6 Å². The Morgan fingerprint density at radius 1 is 0.669 bits per heavy atom. The summed E-state index contributed by atoms with van der Waals surface area (Å²) < 4.78 is 44.8. The van der Waals surface area contributed by atoms with Crippen molar-refractivity contribution in [1.82, 2.24) is 37.2 Å². The number of hydrogen-bond acceptors (Lipinski definition) is 26. The Morgan fingerprint density at radius 2 is 1.32 bits per heavy atom. The van der Waals surface area contributed by atoms with Crippen LogP contribution in [0.1, 0.15) is 239 Å². The fraction of sp³-hybridized carbons (Fsp3) is 0.521. The number of aliphatic hydroxyl groups excluding tert-OH is 5. The van der Waals surface area contributed by atoms with E-state index in [4.69, 9.17) is 62.1 Å². The van der Waals surface area contributed by atoms with E-state index in [1.54, 1.807) is 20.8 Å². The van der Waals surface area contributed by atoms with Crippen molar-refractivity contribution in [3.05, 3.63) is 146 Å². The lowest BCUT2D eigenvalue weighted by Crippen LogP contribution is -2.63. The zero-order chi connectivity index (χ0) is 96.0. The summed E-state index contributed by atoms with van der Waals surface area (Å²) >= 11 is 14.4. The number of phenolic OH excluding ortho intramolecular Hbond substituents is 3. The van der Waals surface area contributed by atoms with Gasteiger partial charge in [-0.15, -0.1) is 0 Å². The lowest BCUT2D eigenvalue weighted by Gasteiger charge is -2.46. The fourth-order valence-electron chi connectivity index (χ4n) is 18.2. The number of Topliss-reactive ketones (excluding diaryl/α,β-unsaturated/α-hetero) is 2. The average molecular weight is 1890 g/mol. The molecule has 11 bridgehead atoms. The van der Waals surface area contributed by atoms with Crippen molar-refractivity contribution in [3.8, 4) is 57.1 Å². The van der Waals surface area contributed by atoms with E-state index in [9.17, 15) is 69.9 Å². The van der Waals surface area contributed by atoms with Crippen molar-refractivity contribution in [2.45, 2.75) is 280 Å². The Morgan fingerprint density at radius 3 is 1.95 bits per heavy atom. The van der Waals surface area contributed by atoms with E-state index in [2.05, 4.69) is 68.5 Å². The first-order valence-electron chi connectivity index (χ1n) is 45.6. The highest BCUT2D eigenvalue weighted by molar-refractivity contribution is 6.32. The lowest BCUT2D eigenvalue weighted by molar-refractivity contribution is -0.332. The number of alkyl carbamates (subject to hydrolysis) is 1. The van der Waals surface area contributed by atoms with Crippen LogP contribution in [-0.2, 0) is 76.7 Å². The molecule has 14 rings (SSSR count). The second-order valence-electron chi connectivity index (χ2n) is 35.8. The standard InChI is InChI=1S/C96H121Cl2N9O26/c1-8-11-13-17-21-50-23-27-57(34-51(50)22-18-14-12-9-2)102-94(125)101-32-20-16-15-19-31-100-45-61-65(110)43-60-75(82(61)116)59-35-52(24-28-64(59)109)58-42-67(112)76-55-39-70(128-68-29-25-53(36-62(68)97)80(114)78(105-88(119)49(10-3)33-47(4)5)66(111)38-56(41-73(99)113)89(120)103-76)85(71(40-55)129-69-30-26-54(37-63(69)98)81(115)79(106-90(58)121)91(122)104-77(60)92(123)124)132-93-86(84(118)83(117)72(46-108)130-93)131-74-44-96(7)87(48(6)127-74)133-95(126)107-96/h23-30,34-37,39-40,43,47-49,56,58,72,74,76-81,83-84,86-87,93,100,108-110,114-118H,8-22,31-33,38,41-42,44-46H2,1-7H3,(H2,99,113)(H,103,120)(H,104,122)(H,105,119)(H,106,121)(H,107,126)(H,123,124)(H2,101,102,125)/t48-,49+,56-,58+,72+,74-,76+,77-,78-,79-,80+,81+,83+,84-,86+,87+,93-,96-/m0/s1. The summed E-state index contributed by atoms with van der Waals surface area (Å²) in [4.78, 5) is 146. The SMILES string of the molecule is CCCCCCc1ccc(NC(=O)NCCCCCCNCc2c(O)cc3c(c2O)-c2cc(ccc2O)[C@H]2CC(=O)[C@@H]4NC(=O)[C@H](CC(N)=O)CC(=O)[C@H](NC(=O)[C@H](CC)CC(C)C)[C@H](O)c5ccc(c(Cl)c5)Oc5cc4cc(c5O[C@@H]4O[C@H](CO)[C@@H](O)[C@H](O)[C@H]4O[C@H]4C[C@]5(C)NC(=O)O[C@@H]5[C@H](C)O4)Oc4ccc(cc4Cl)[C@@H](O)[C@H](NC2=O)C(=O)N[C@@H]3C(=O)O)cc1CCCCCC. The number of carboxylic acid groups (broad SMARTS) is 1. The molecular weight excluding hydrogens is 1770 g/mol. The van der Waals surface area contributed by atoms with Gasteiger partial charge in [-0.2, -0.15) is 0 Å². The van der Waals surface area contributed by atoms with Gasteiger partial charge in [-0.25, -0.2) is 14.4 Å². The summed E-state index contributed by atoms with van der Waals surface area (Å²) in [7, 11) is 0. The van der Waals surface area contributed by atoms with Crippen molar-refractivity contribution in [2.24, 2.45) is 23.5 Å². The van der Waals surface area contributed by atoms with E-state index in [0.717, 1.165) is 99.5 Å². The number of aromatic hydroxyl groups is 3. The number of halogens is 2. The summed E-state index contributed by atoms with van der Waals surface area (Å²) in [5, 5.41) is 129. The van der Waals surface area contributed by atoms with Gasteiger partial charge in [0.1, 0.15) is 77.4 Å². The predicted octanol–water partition coefficient (Wildman–Crippen LogP) is 11.0. The number of anilines is 1. The van der Waals surface area contributed by atoms with Gasteiger partial charge in [0.2, 0.25) is 41.6 Å². The van der Waals surface area contributed by atoms with Crippen LogP contribution in [0, 0.1) is 17.8 Å². The second-order valence-corrected chi connectivity index (χ2v) is 36.6. The number of carboxylic acids is 1. The van der Waals surface area contributed by atoms with Crippen LogP contribution in [0.4, 0.5) is 15.3 Å². The Hall–Kier alpha value is -11.0. The molecule has 6 aromatic rings. The number of aliphatic carboxylic acids is 1. The molecule has 0 unspecified atom stereocenters. The number of nitrogens with one attached hydrogen (secondary N) is 8. The molecule has 0 aliphatic carbocycles. The van der Waals surface area contributed by atoms with Gasteiger partial charge in [-0.1, -0.05) is 133 Å². The number of primary amides is 1. The number of unbranched alkanes of at least 4 members (excludes halogenated alkanes) is 9. The van der Waals surface area contributed by atoms with Crippen LogP contribution in [0.2, 0.25) is 10.0 Å². The first-order valence-corrected chi connectivity index (χ1v) is 46.4. The van der Waals surface area contributed by atoms with Crippen molar-refractivity contribution < 1.29 is 127 Å². The largest absolute Gasteiger partial charge is 0.507 e. The Bertz CT molecular complexity index is 5260. The number of ketones is 2. The number of rotatable bonds is 33. The van der Waals surface area contributed by atoms with Gasteiger partial charge in [0, 0.05) is 67.1 Å². The van der Waals surface area contributed by atoms with Gasteiger partial charge < -0.3 is 127 Å². The van der Waals surface area contributed by atoms with E-state index in [1.165, 1.54) is 54.3 Å². The van der Waals surface area contributed by atoms with Gasteiger partial charge in [0.05, 0.1) is 45.7 Å². The Balaban J connectivity index is 0.931. The van der Waals surface area contributed by atoms with E-state index >= 15 is 24.0 Å². The number of fused-ring (bicyclic) bond motifs is 16. The summed E-state index contributed by atoms with van der Waals surface area (Å²) in [5.41, 5.74) is 5.29. The summed E-state index contributed by atoms with van der Waals surface area (Å²) in [6.07, 6.45) is -6.67. The smallest absolute Gasteiger partial charge is 0.408 e. The molecule has 3 saturated heterocycles. The summed E-state index contributed by atoms with van der Waals surface area (Å²) in [6.45, 7) is 12.5. The van der Waals surface area contributed by atoms with Crippen LogP contribution in [0.15, 0.2) is 91.0 Å². The van der Waals surface area contributed by atoms with Gasteiger partial charge in [0.15, 0.2) is 47.6 Å². The normalized spacial score (nSPS) is 25.6. The number of ether oxygens (including phenoxy) is 7. The first kappa shape index (κ1) is 101. The number of urea groups is 1. The topological polar surface area (TPSA) is 540 Å². The number of carbonyl (C=O) groups excluding carboxylic acids is 9. The second kappa shape index (κ2) is 45.4. The number of aliphatic hydroxyl groups is 5. The number of nitrogens with two attached hydrogens (primary N) is 1. The van der Waals surface area contributed by atoms with Crippen LogP contribution in [0.3, 0.4) is 0 Å². The van der Waals surface area contributed by atoms with Crippen LogP contribution >= 0.6 is 23.2 Å². The zero-order valence-electron chi connectivity index (χ0n) is 75.3. The van der Waals surface area contributed by atoms with Gasteiger partial charge >= 0.3 is 18.1 Å². The molecule has 0 spiro atoms. The molecule has 19 N–H and O–H groups in total. The molecule has 6 aromatic carbocycles. The molecule has 133 heavy (non-hydrogen) atoms. The number of benzene rings is 6.